The zero-order valence-corrected chi connectivity index (χ0v) is 16.0. The Hall–Kier alpha value is -1.15. The predicted molar refractivity (Wildman–Crippen MR) is 105 cm³/mol. The molecule has 1 aromatic carbocycles. The molecule has 1 N–H and O–H groups in total. The number of benzene rings is 1. The molecule has 1 atom stereocenters. The Morgan fingerprint density at radius 1 is 1.33 bits per heavy atom. The second kappa shape index (κ2) is 7.39. The van der Waals surface area contributed by atoms with Crippen LogP contribution in [0.25, 0.3) is 0 Å². The van der Waals surface area contributed by atoms with Crippen LogP contribution in [0.5, 0.6) is 0 Å². The molecule has 24 heavy (non-hydrogen) atoms. The number of sulfone groups is 1. The summed E-state index contributed by atoms with van der Waals surface area (Å²) in [5.41, 5.74) is 0.835. The number of hydrogen-bond donors (Lipinski definition) is 1. The van der Waals surface area contributed by atoms with Gasteiger partial charge in [0.15, 0.2) is 14.9 Å². The Morgan fingerprint density at radius 3 is 2.67 bits per heavy atom. The molecule has 1 fully saturated rings. The molecular weight excluding hydrogens is 384 g/mol. The lowest BCUT2D eigenvalue weighted by atomic mass is 10.2. The number of nitrogens with one attached hydrogen (secondary N) is 1. The van der Waals surface area contributed by atoms with Crippen molar-refractivity contribution in [2.24, 2.45) is 0 Å². The SMILES string of the molecule is O=S1(=O)CC[C@H](N(Cc2cccs2)C(=S)Nc2ccc(Cl)cc2)C1. The van der Waals surface area contributed by atoms with E-state index in [9.17, 15) is 8.42 Å². The van der Waals surface area contributed by atoms with E-state index in [1.807, 2.05) is 34.5 Å². The lowest BCUT2D eigenvalue weighted by Gasteiger charge is -2.30. The van der Waals surface area contributed by atoms with E-state index in [1.54, 1.807) is 23.5 Å². The summed E-state index contributed by atoms with van der Waals surface area (Å²) in [6, 6.07) is 11.2. The summed E-state index contributed by atoms with van der Waals surface area (Å²) < 4.78 is 23.7. The maximum absolute atomic E-state index is 11.9. The van der Waals surface area contributed by atoms with Crippen LogP contribution in [0.2, 0.25) is 5.02 Å². The van der Waals surface area contributed by atoms with Crippen molar-refractivity contribution in [3.8, 4) is 0 Å². The predicted octanol–water partition coefficient (Wildman–Crippen LogP) is 3.79. The average Bonchev–Trinajstić information content (AvgIpc) is 3.16. The van der Waals surface area contributed by atoms with E-state index in [2.05, 4.69) is 5.32 Å². The highest BCUT2D eigenvalue weighted by Crippen LogP contribution is 2.23. The molecule has 1 saturated heterocycles. The molecule has 0 bridgehead atoms. The Bertz CT molecular complexity index is 804. The van der Waals surface area contributed by atoms with Crippen LogP contribution in [0, 0.1) is 0 Å². The first-order valence-electron chi connectivity index (χ1n) is 7.49. The molecule has 0 radical (unpaired) electrons. The second-order valence-electron chi connectivity index (χ2n) is 5.70. The fraction of sp³-hybridized carbons (Fsp3) is 0.312. The Labute approximate surface area is 156 Å². The molecule has 1 aliphatic heterocycles. The molecule has 0 saturated carbocycles. The topological polar surface area (TPSA) is 49.4 Å². The molecular formula is C16H17ClN2O2S3. The second-order valence-corrected chi connectivity index (χ2v) is 9.79. The minimum Gasteiger partial charge on any atom is -0.340 e. The number of hydrogen-bond acceptors (Lipinski definition) is 4. The van der Waals surface area contributed by atoms with E-state index >= 15 is 0 Å². The highest BCUT2D eigenvalue weighted by Gasteiger charge is 2.33. The van der Waals surface area contributed by atoms with Crippen LogP contribution in [-0.2, 0) is 16.4 Å². The van der Waals surface area contributed by atoms with Gasteiger partial charge in [-0.3, -0.25) is 0 Å². The third kappa shape index (κ3) is 4.47. The van der Waals surface area contributed by atoms with E-state index in [-0.39, 0.29) is 17.5 Å². The van der Waals surface area contributed by atoms with Gasteiger partial charge in [0.25, 0.3) is 0 Å². The number of thiocarbonyl (C=S) groups is 1. The van der Waals surface area contributed by atoms with E-state index in [0.29, 0.717) is 23.1 Å². The molecule has 0 aliphatic carbocycles. The number of anilines is 1. The van der Waals surface area contributed by atoms with Crippen LogP contribution in [0.1, 0.15) is 11.3 Å². The van der Waals surface area contributed by atoms with Crippen LogP contribution in [0.15, 0.2) is 41.8 Å². The molecule has 2 heterocycles. The molecule has 0 unspecified atom stereocenters. The molecule has 0 amide bonds. The monoisotopic (exact) mass is 400 g/mol. The smallest absolute Gasteiger partial charge is 0.174 e. The van der Waals surface area contributed by atoms with Crippen LogP contribution in [0.3, 0.4) is 0 Å². The van der Waals surface area contributed by atoms with E-state index in [1.165, 1.54) is 0 Å². The maximum atomic E-state index is 11.9. The van der Waals surface area contributed by atoms with Gasteiger partial charge in [-0.05, 0) is 54.4 Å². The normalized spacial score (nSPS) is 19.1. The van der Waals surface area contributed by atoms with Gasteiger partial charge in [-0.2, -0.15) is 0 Å². The van der Waals surface area contributed by atoms with Gasteiger partial charge in [0, 0.05) is 21.6 Å². The van der Waals surface area contributed by atoms with Gasteiger partial charge in [0.2, 0.25) is 0 Å². The third-order valence-electron chi connectivity index (χ3n) is 3.91. The largest absolute Gasteiger partial charge is 0.340 e. The van der Waals surface area contributed by atoms with Gasteiger partial charge in [0.1, 0.15) is 0 Å². The molecule has 1 aliphatic rings. The maximum Gasteiger partial charge on any atom is 0.174 e. The van der Waals surface area contributed by atoms with Crippen molar-refractivity contribution in [2.75, 3.05) is 16.8 Å². The van der Waals surface area contributed by atoms with Gasteiger partial charge >= 0.3 is 0 Å². The van der Waals surface area contributed by atoms with Crippen molar-refractivity contribution in [1.29, 1.82) is 0 Å². The van der Waals surface area contributed by atoms with Gasteiger partial charge in [0.05, 0.1) is 18.1 Å². The molecule has 0 spiro atoms. The lowest BCUT2D eigenvalue weighted by Crippen LogP contribution is -2.42. The van der Waals surface area contributed by atoms with Crippen molar-refractivity contribution in [3.05, 3.63) is 51.7 Å². The third-order valence-corrected chi connectivity index (χ3v) is 7.11. The summed E-state index contributed by atoms with van der Waals surface area (Å²) in [6.45, 7) is 0.608. The van der Waals surface area contributed by atoms with E-state index in [0.717, 1.165) is 10.6 Å². The molecule has 2 aromatic rings. The highest BCUT2D eigenvalue weighted by molar-refractivity contribution is 7.91. The molecule has 3 rings (SSSR count). The summed E-state index contributed by atoms with van der Waals surface area (Å²) in [6.07, 6.45) is 0.607. The number of rotatable bonds is 4. The zero-order chi connectivity index (χ0) is 17.2. The average molecular weight is 401 g/mol. The van der Waals surface area contributed by atoms with Crippen molar-refractivity contribution in [1.82, 2.24) is 4.90 Å². The fourth-order valence-corrected chi connectivity index (χ4v) is 5.58. The minimum atomic E-state index is -2.97. The van der Waals surface area contributed by atoms with Crippen LogP contribution >= 0.6 is 35.2 Å². The fourth-order valence-electron chi connectivity index (χ4n) is 2.69. The summed E-state index contributed by atoms with van der Waals surface area (Å²) in [4.78, 5) is 3.14. The number of halogens is 1. The van der Waals surface area contributed by atoms with Gasteiger partial charge in [-0.15, -0.1) is 11.3 Å². The summed E-state index contributed by atoms with van der Waals surface area (Å²) in [7, 11) is -2.97. The van der Waals surface area contributed by atoms with Crippen LogP contribution < -0.4 is 5.32 Å². The summed E-state index contributed by atoms with van der Waals surface area (Å²) >= 11 is 13.1. The zero-order valence-electron chi connectivity index (χ0n) is 12.8. The van der Waals surface area contributed by atoms with Crippen molar-refractivity contribution in [2.45, 2.75) is 19.0 Å². The van der Waals surface area contributed by atoms with E-state index in [4.69, 9.17) is 23.8 Å². The van der Waals surface area contributed by atoms with Gasteiger partial charge in [-0.1, -0.05) is 17.7 Å². The molecule has 128 valence electrons. The highest BCUT2D eigenvalue weighted by atomic mass is 35.5. The molecule has 8 heteroatoms. The van der Waals surface area contributed by atoms with Crippen molar-refractivity contribution < 1.29 is 8.42 Å². The number of thiophene rings is 1. The van der Waals surface area contributed by atoms with Crippen molar-refractivity contribution >= 4 is 55.8 Å². The summed E-state index contributed by atoms with van der Waals surface area (Å²) in [5, 5.41) is 6.39. The number of nitrogens with zero attached hydrogens (tertiary/aromatic N) is 1. The van der Waals surface area contributed by atoms with E-state index < -0.39 is 9.84 Å². The summed E-state index contributed by atoms with van der Waals surface area (Å²) in [5.74, 6) is 0.378. The first kappa shape index (κ1) is 17.7. The van der Waals surface area contributed by atoms with Crippen LogP contribution in [-0.4, -0.2) is 36.0 Å². The quantitative estimate of drug-likeness (QED) is 0.791. The Balaban J connectivity index is 1.78. The Morgan fingerprint density at radius 2 is 2.08 bits per heavy atom. The minimum absolute atomic E-state index is 0.0931. The Kier molecular flexibility index (Phi) is 5.44. The van der Waals surface area contributed by atoms with Gasteiger partial charge in [-0.25, -0.2) is 8.42 Å². The molecule has 1 aromatic heterocycles. The van der Waals surface area contributed by atoms with Crippen LogP contribution in [0.4, 0.5) is 5.69 Å². The first-order chi connectivity index (χ1) is 11.4. The van der Waals surface area contributed by atoms with Crippen molar-refractivity contribution in [3.63, 3.8) is 0 Å². The standard InChI is InChI=1S/C16H17ClN2O2S3/c17-12-3-5-13(6-4-12)18-16(22)19(10-15-2-1-8-23-15)14-7-9-24(20,21)11-14/h1-6,8,14H,7,9-11H2,(H,18,22)/t14-/m0/s1. The van der Waals surface area contributed by atoms with Gasteiger partial charge < -0.3 is 10.2 Å². The lowest BCUT2D eigenvalue weighted by molar-refractivity contribution is 0.335. The molecule has 4 nitrogen and oxygen atoms in total. The first-order valence-corrected chi connectivity index (χ1v) is 11.0.